The summed E-state index contributed by atoms with van der Waals surface area (Å²) < 4.78 is 13.6. The Morgan fingerprint density at radius 3 is 2.95 bits per heavy atom. The van der Waals surface area contributed by atoms with Gasteiger partial charge in [0.1, 0.15) is 5.82 Å². The number of carbonyl (C=O) groups excluding carboxylic acids is 1. The lowest BCUT2D eigenvalue weighted by Gasteiger charge is -2.28. The molecule has 0 aliphatic carbocycles. The molecule has 2 unspecified atom stereocenters. The van der Waals surface area contributed by atoms with Crippen molar-refractivity contribution in [3.05, 3.63) is 29.0 Å². The number of piperidine rings is 1. The van der Waals surface area contributed by atoms with E-state index in [4.69, 9.17) is 11.6 Å². The van der Waals surface area contributed by atoms with E-state index in [9.17, 15) is 9.18 Å². The van der Waals surface area contributed by atoms with Gasteiger partial charge in [-0.1, -0.05) is 18.5 Å². The van der Waals surface area contributed by atoms with E-state index in [-0.39, 0.29) is 29.9 Å². The quantitative estimate of drug-likeness (QED) is 0.877. The minimum Gasteiger partial charge on any atom is -0.324 e. The first-order chi connectivity index (χ1) is 9.56. The van der Waals surface area contributed by atoms with Gasteiger partial charge < -0.3 is 10.6 Å². The molecule has 6 heteroatoms. The zero-order valence-corrected chi connectivity index (χ0v) is 13.6. The molecule has 1 aliphatic rings. The van der Waals surface area contributed by atoms with Crippen LogP contribution in [-0.4, -0.2) is 19.0 Å². The van der Waals surface area contributed by atoms with Crippen LogP contribution in [0.25, 0.3) is 0 Å². The van der Waals surface area contributed by atoms with Gasteiger partial charge in [0.25, 0.3) is 0 Å². The van der Waals surface area contributed by atoms with Crippen LogP contribution >= 0.6 is 24.0 Å². The highest BCUT2D eigenvalue weighted by molar-refractivity contribution is 6.30. The zero-order valence-electron chi connectivity index (χ0n) is 12.0. The number of hydrogen-bond acceptors (Lipinski definition) is 2. The third-order valence-electron chi connectivity index (χ3n) is 3.85. The SMILES string of the molecule is CC(CC(=O)Nc1ccc(Cl)cc1F)C1CCCNC1.Cl. The summed E-state index contributed by atoms with van der Waals surface area (Å²) in [5.41, 5.74) is 0.188. The molecule has 1 saturated heterocycles. The monoisotopic (exact) mass is 334 g/mol. The van der Waals surface area contributed by atoms with Crippen LogP contribution in [0.5, 0.6) is 0 Å². The van der Waals surface area contributed by atoms with E-state index in [0.29, 0.717) is 17.4 Å². The summed E-state index contributed by atoms with van der Waals surface area (Å²) in [6, 6.07) is 4.25. The van der Waals surface area contributed by atoms with Gasteiger partial charge in [-0.3, -0.25) is 4.79 Å². The molecular formula is C15H21Cl2FN2O. The minimum atomic E-state index is -0.502. The molecule has 0 spiro atoms. The molecule has 118 valence electrons. The predicted molar refractivity (Wildman–Crippen MR) is 86.7 cm³/mol. The lowest BCUT2D eigenvalue weighted by atomic mass is 9.85. The molecule has 2 atom stereocenters. The number of halogens is 3. The van der Waals surface area contributed by atoms with Crippen molar-refractivity contribution in [3.8, 4) is 0 Å². The minimum absolute atomic E-state index is 0. The van der Waals surface area contributed by atoms with Crippen LogP contribution in [0.2, 0.25) is 5.02 Å². The topological polar surface area (TPSA) is 41.1 Å². The van der Waals surface area contributed by atoms with Crippen molar-refractivity contribution in [2.24, 2.45) is 11.8 Å². The van der Waals surface area contributed by atoms with Gasteiger partial charge in [0.2, 0.25) is 5.91 Å². The van der Waals surface area contributed by atoms with Crippen LogP contribution in [0.3, 0.4) is 0 Å². The van der Waals surface area contributed by atoms with E-state index >= 15 is 0 Å². The van der Waals surface area contributed by atoms with E-state index < -0.39 is 5.82 Å². The highest BCUT2D eigenvalue weighted by Gasteiger charge is 2.22. The largest absolute Gasteiger partial charge is 0.324 e. The van der Waals surface area contributed by atoms with E-state index in [1.165, 1.54) is 12.1 Å². The molecule has 1 heterocycles. The molecule has 1 aromatic rings. The Bertz CT molecular complexity index is 479. The van der Waals surface area contributed by atoms with Crippen molar-refractivity contribution in [1.29, 1.82) is 0 Å². The maximum Gasteiger partial charge on any atom is 0.224 e. The average Bonchev–Trinajstić information content (AvgIpc) is 2.43. The zero-order chi connectivity index (χ0) is 14.5. The van der Waals surface area contributed by atoms with Crippen LogP contribution in [0.1, 0.15) is 26.2 Å². The molecule has 0 aromatic heterocycles. The molecule has 2 N–H and O–H groups in total. The van der Waals surface area contributed by atoms with Crippen LogP contribution < -0.4 is 10.6 Å². The summed E-state index contributed by atoms with van der Waals surface area (Å²) in [5.74, 6) is 0.157. The lowest BCUT2D eigenvalue weighted by Crippen LogP contribution is -2.34. The second-order valence-corrected chi connectivity index (χ2v) is 5.90. The van der Waals surface area contributed by atoms with E-state index in [0.717, 1.165) is 25.9 Å². The molecule has 0 radical (unpaired) electrons. The predicted octanol–water partition coefficient (Wildman–Crippen LogP) is 3.87. The Kier molecular flexibility index (Phi) is 7.43. The Morgan fingerprint density at radius 2 is 2.33 bits per heavy atom. The Labute approximate surface area is 136 Å². The Balaban J connectivity index is 0.00000220. The number of anilines is 1. The van der Waals surface area contributed by atoms with E-state index in [1.54, 1.807) is 6.07 Å². The standard InChI is InChI=1S/C15H20ClFN2O.ClH/c1-10(11-3-2-6-18-9-11)7-15(20)19-14-5-4-12(16)8-13(14)17;/h4-5,8,10-11,18H,2-3,6-7,9H2,1H3,(H,19,20);1H. The second kappa shape index (κ2) is 8.57. The molecule has 1 fully saturated rings. The summed E-state index contributed by atoms with van der Waals surface area (Å²) in [4.78, 5) is 12.0. The smallest absolute Gasteiger partial charge is 0.224 e. The highest BCUT2D eigenvalue weighted by Crippen LogP contribution is 2.24. The summed E-state index contributed by atoms with van der Waals surface area (Å²) >= 11 is 5.68. The van der Waals surface area contributed by atoms with Gasteiger partial charge >= 0.3 is 0 Å². The molecule has 0 saturated carbocycles. The number of nitrogens with one attached hydrogen (secondary N) is 2. The molecule has 2 rings (SSSR count). The lowest BCUT2D eigenvalue weighted by molar-refractivity contribution is -0.117. The fourth-order valence-electron chi connectivity index (χ4n) is 2.62. The summed E-state index contributed by atoms with van der Waals surface area (Å²) in [6.45, 7) is 4.10. The van der Waals surface area contributed by atoms with E-state index in [2.05, 4.69) is 17.6 Å². The Morgan fingerprint density at radius 1 is 1.57 bits per heavy atom. The summed E-state index contributed by atoms with van der Waals surface area (Å²) in [7, 11) is 0. The normalized spacial score (nSPS) is 19.5. The van der Waals surface area contributed by atoms with Gasteiger partial charge in [-0.15, -0.1) is 12.4 Å². The number of amides is 1. The van der Waals surface area contributed by atoms with Gasteiger partial charge in [0, 0.05) is 11.4 Å². The van der Waals surface area contributed by atoms with Crippen molar-refractivity contribution in [1.82, 2.24) is 5.32 Å². The fraction of sp³-hybridized carbons (Fsp3) is 0.533. The van der Waals surface area contributed by atoms with Gasteiger partial charge in [-0.2, -0.15) is 0 Å². The Hall–Kier alpha value is -0.840. The van der Waals surface area contributed by atoms with Crippen LogP contribution in [0.4, 0.5) is 10.1 Å². The highest BCUT2D eigenvalue weighted by atomic mass is 35.5. The number of carbonyl (C=O) groups is 1. The first kappa shape index (κ1) is 18.2. The number of rotatable bonds is 4. The molecule has 0 bridgehead atoms. The van der Waals surface area contributed by atoms with Gasteiger partial charge in [0.05, 0.1) is 5.69 Å². The molecular weight excluding hydrogens is 314 g/mol. The molecule has 21 heavy (non-hydrogen) atoms. The first-order valence-electron chi connectivity index (χ1n) is 7.02. The third kappa shape index (κ3) is 5.46. The van der Waals surface area contributed by atoms with Crippen molar-refractivity contribution >= 4 is 35.6 Å². The fourth-order valence-corrected chi connectivity index (χ4v) is 2.77. The van der Waals surface area contributed by atoms with Gasteiger partial charge in [-0.25, -0.2) is 4.39 Å². The number of benzene rings is 1. The molecule has 1 amide bonds. The first-order valence-corrected chi connectivity index (χ1v) is 7.39. The van der Waals surface area contributed by atoms with Gasteiger partial charge in [0.15, 0.2) is 0 Å². The van der Waals surface area contributed by atoms with Crippen LogP contribution in [0, 0.1) is 17.7 Å². The second-order valence-electron chi connectivity index (χ2n) is 5.46. The summed E-state index contributed by atoms with van der Waals surface area (Å²) in [5, 5.41) is 6.28. The van der Waals surface area contributed by atoms with Crippen molar-refractivity contribution in [3.63, 3.8) is 0 Å². The van der Waals surface area contributed by atoms with Crippen molar-refractivity contribution in [2.45, 2.75) is 26.2 Å². The molecule has 1 aromatic carbocycles. The van der Waals surface area contributed by atoms with Gasteiger partial charge in [-0.05, 0) is 56.0 Å². The van der Waals surface area contributed by atoms with Crippen molar-refractivity contribution < 1.29 is 9.18 Å². The van der Waals surface area contributed by atoms with Crippen molar-refractivity contribution in [2.75, 3.05) is 18.4 Å². The molecule has 1 aliphatic heterocycles. The third-order valence-corrected chi connectivity index (χ3v) is 4.09. The summed E-state index contributed by atoms with van der Waals surface area (Å²) in [6.07, 6.45) is 2.72. The average molecular weight is 335 g/mol. The maximum atomic E-state index is 13.6. The van der Waals surface area contributed by atoms with E-state index in [1.807, 2.05) is 0 Å². The molecule has 3 nitrogen and oxygen atoms in total. The van der Waals surface area contributed by atoms with Crippen LogP contribution in [-0.2, 0) is 4.79 Å². The van der Waals surface area contributed by atoms with Crippen LogP contribution in [0.15, 0.2) is 18.2 Å². The number of hydrogen-bond donors (Lipinski definition) is 2. The maximum absolute atomic E-state index is 13.6.